The first-order valence-corrected chi connectivity index (χ1v) is 3.97. The van der Waals surface area contributed by atoms with Crippen LogP contribution in [0.2, 0.25) is 0 Å². The van der Waals surface area contributed by atoms with Crippen molar-refractivity contribution in [1.29, 1.82) is 0 Å². The third-order valence-electron chi connectivity index (χ3n) is 1.78. The van der Waals surface area contributed by atoms with Crippen molar-refractivity contribution < 1.29 is 14.6 Å². The van der Waals surface area contributed by atoms with Crippen LogP contribution in [0.5, 0.6) is 0 Å². The number of aromatic carboxylic acids is 1. The molecule has 0 aliphatic heterocycles. The zero-order valence-corrected chi connectivity index (χ0v) is 7.52. The zero-order chi connectivity index (χ0) is 10.0. The van der Waals surface area contributed by atoms with Crippen LogP contribution in [0.15, 0.2) is 18.5 Å². The summed E-state index contributed by atoms with van der Waals surface area (Å²) in [4.78, 5) is 10.6. The maximum atomic E-state index is 11.0. The third kappa shape index (κ3) is 2.18. The molecule has 1 aromatic heterocycles. The first-order chi connectivity index (χ1) is 6.00. The van der Waals surface area contributed by atoms with Gasteiger partial charge in [-0.05, 0) is 12.0 Å². The fraction of sp³-hybridized carbons (Fsp3) is 0.333. The van der Waals surface area contributed by atoms with Crippen LogP contribution in [0, 0.1) is 5.21 Å². The van der Waals surface area contributed by atoms with Gasteiger partial charge in [-0.2, -0.15) is 4.73 Å². The lowest BCUT2D eigenvalue weighted by Crippen LogP contribution is -2.27. The monoisotopic (exact) mass is 181 g/mol. The molecule has 0 saturated carbocycles. The van der Waals surface area contributed by atoms with Crippen molar-refractivity contribution in [3.05, 3.63) is 34.8 Å². The van der Waals surface area contributed by atoms with Crippen molar-refractivity contribution in [1.82, 2.24) is 0 Å². The van der Waals surface area contributed by atoms with Crippen LogP contribution >= 0.6 is 0 Å². The maximum Gasteiger partial charge on any atom is 0.341 e. The van der Waals surface area contributed by atoms with Gasteiger partial charge >= 0.3 is 5.97 Å². The van der Waals surface area contributed by atoms with Gasteiger partial charge in [-0.15, -0.1) is 0 Å². The van der Waals surface area contributed by atoms with E-state index in [9.17, 15) is 10.0 Å². The molecular weight excluding hydrogens is 170 g/mol. The Kier molecular flexibility index (Phi) is 2.51. The summed E-state index contributed by atoms with van der Waals surface area (Å²) in [5, 5.41) is 19.6. The molecule has 13 heavy (non-hydrogen) atoms. The van der Waals surface area contributed by atoms with E-state index in [1.54, 1.807) is 0 Å². The first kappa shape index (κ1) is 9.51. The molecule has 0 atom stereocenters. The lowest BCUT2D eigenvalue weighted by Gasteiger charge is -2.05. The van der Waals surface area contributed by atoms with Gasteiger partial charge in [0.25, 0.3) is 0 Å². The average molecular weight is 181 g/mol. The van der Waals surface area contributed by atoms with Gasteiger partial charge in [-0.3, -0.25) is 0 Å². The van der Waals surface area contributed by atoms with E-state index >= 15 is 0 Å². The molecule has 0 bridgehead atoms. The Hall–Kier alpha value is -1.58. The maximum absolute atomic E-state index is 11.0. The fourth-order valence-corrected chi connectivity index (χ4v) is 1.01. The lowest BCUT2D eigenvalue weighted by molar-refractivity contribution is -0.606. The highest BCUT2D eigenvalue weighted by Gasteiger charge is 2.11. The number of rotatable bonds is 2. The minimum Gasteiger partial charge on any atom is -0.619 e. The number of carbonyl (C=O) groups is 1. The van der Waals surface area contributed by atoms with Crippen LogP contribution in [0.1, 0.15) is 35.7 Å². The highest BCUT2D eigenvalue weighted by molar-refractivity contribution is 5.87. The van der Waals surface area contributed by atoms with Crippen molar-refractivity contribution in [3.8, 4) is 0 Å². The van der Waals surface area contributed by atoms with Crippen molar-refractivity contribution in [2.45, 2.75) is 19.8 Å². The summed E-state index contributed by atoms with van der Waals surface area (Å²) in [7, 11) is 0. The number of hydrogen-bond acceptors (Lipinski definition) is 2. The van der Waals surface area contributed by atoms with Crippen LogP contribution in [0.4, 0.5) is 0 Å². The molecule has 0 spiro atoms. The van der Waals surface area contributed by atoms with Gasteiger partial charge in [-0.25, -0.2) is 4.79 Å². The molecular formula is C9H11NO3. The normalized spacial score (nSPS) is 10.4. The fourth-order valence-electron chi connectivity index (χ4n) is 1.01. The Morgan fingerprint density at radius 3 is 2.62 bits per heavy atom. The smallest absolute Gasteiger partial charge is 0.341 e. The summed E-state index contributed by atoms with van der Waals surface area (Å²) >= 11 is 0. The Balaban J connectivity index is 3.19. The molecule has 0 aliphatic rings. The second-order valence-corrected chi connectivity index (χ2v) is 3.18. The van der Waals surface area contributed by atoms with Gasteiger partial charge in [0.15, 0.2) is 12.4 Å². The number of aromatic nitrogens is 1. The minimum absolute atomic E-state index is 0.0289. The molecule has 0 aliphatic carbocycles. The van der Waals surface area contributed by atoms with Crippen LogP contribution in [0.3, 0.4) is 0 Å². The number of pyridine rings is 1. The number of hydrogen-bond donors (Lipinski definition) is 1. The van der Waals surface area contributed by atoms with E-state index < -0.39 is 5.97 Å². The zero-order valence-electron chi connectivity index (χ0n) is 7.52. The van der Waals surface area contributed by atoms with Gasteiger partial charge < -0.3 is 10.3 Å². The van der Waals surface area contributed by atoms with Gasteiger partial charge in [0, 0.05) is 5.56 Å². The summed E-state index contributed by atoms with van der Waals surface area (Å²) in [6, 6.07) is 1.52. The van der Waals surface area contributed by atoms with Gasteiger partial charge in [0.1, 0.15) is 5.56 Å². The Morgan fingerprint density at radius 1 is 1.54 bits per heavy atom. The molecule has 1 N–H and O–H groups in total. The quantitative estimate of drug-likeness (QED) is 0.549. The Morgan fingerprint density at radius 2 is 2.15 bits per heavy atom. The van der Waals surface area contributed by atoms with Crippen molar-refractivity contribution in [2.75, 3.05) is 0 Å². The topological polar surface area (TPSA) is 64.2 Å². The molecule has 0 amide bonds. The SMILES string of the molecule is CC(C)c1cc(C(=O)O)c[n+]([O-])c1. The summed E-state index contributed by atoms with van der Waals surface area (Å²) in [5.74, 6) is -0.924. The Labute approximate surface area is 76.0 Å². The molecule has 70 valence electrons. The summed E-state index contributed by atoms with van der Waals surface area (Å²) in [6.07, 6.45) is 2.44. The Bertz CT molecular complexity index is 334. The molecule has 0 fully saturated rings. The summed E-state index contributed by atoms with van der Waals surface area (Å²) in [5.41, 5.74) is 0.760. The van der Waals surface area contributed by atoms with Crippen molar-refractivity contribution in [2.24, 2.45) is 0 Å². The van der Waals surface area contributed by atoms with Crippen molar-refractivity contribution in [3.63, 3.8) is 0 Å². The van der Waals surface area contributed by atoms with E-state index in [0.717, 1.165) is 11.8 Å². The second kappa shape index (κ2) is 3.43. The van der Waals surface area contributed by atoms with E-state index in [1.165, 1.54) is 12.3 Å². The second-order valence-electron chi connectivity index (χ2n) is 3.18. The van der Waals surface area contributed by atoms with Crippen LogP contribution < -0.4 is 4.73 Å². The highest BCUT2D eigenvalue weighted by atomic mass is 16.5. The van der Waals surface area contributed by atoms with Gasteiger partial charge in [-0.1, -0.05) is 13.8 Å². The van der Waals surface area contributed by atoms with Gasteiger partial charge in [0.05, 0.1) is 0 Å². The average Bonchev–Trinajstić information content (AvgIpc) is 2.03. The first-order valence-electron chi connectivity index (χ1n) is 3.97. The van der Waals surface area contributed by atoms with E-state index in [4.69, 9.17) is 5.11 Å². The lowest BCUT2D eigenvalue weighted by atomic mass is 10.0. The molecule has 1 aromatic rings. The standard InChI is InChI=1S/C9H11NO3/c1-6(2)7-3-8(9(11)12)5-10(13)4-7/h3-6H,1-2H3,(H,11,12). The van der Waals surface area contributed by atoms with Crippen LogP contribution in [-0.4, -0.2) is 11.1 Å². The predicted molar refractivity (Wildman–Crippen MR) is 46.5 cm³/mol. The number of nitrogens with zero attached hydrogens (tertiary/aromatic N) is 1. The predicted octanol–water partition coefficient (Wildman–Crippen LogP) is 1.14. The molecule has 4 nitrogen and oxygen atoms in total. The minimum atomic E-state index is -1.08. The van der Waals surface area contributed by atoms with E-state index in [-0.39, 0.29) is 11.5 Å². The summed E-state index contributed by atoms with van der Waals surface area (Å²) in [6.45, 7) is 3.81. The largest absolute Gasteiger partial charge is 0.619 e. The van der Waals surface area contributed by atoms with E-state index in [2.05, 4.69) is 0 Å². The highest BCUT2D eigenvalue weighted by Crippen LogP contribution is 2.13. The van der Waals surface area contributed by atoms with E-state index in [1.807, 2.05) is 13.8 Å². The summed E-state index contributed by atoms with van der Waals surface area (Å²) < 4.78 is 0.527. The number of carboxylic acid groups (broad SMARTS) is 1. The molecule has 1 heterocycles. The van der Waals surface area contributed by atoms with Crippen LogP contribution in [-0.2, 0) is 0 Å². The molecule has 0 radical (unpaired) electrons. The third-order valence-corrected chi connectivity index (χ3v) is 1.78. The van der Waals surface area contributed by atoms with Crippen LogP contribution in [0.25, 0.3) is 0 Å². The molecule has 4 heteroatoms. The molecule has 0 unspecified atom stereocenters. The van der Waals surface area contributed by atoms with Gasteiger partial charge in [0.2, 0.25) is 0 Å². The number of carboxylic acids is 1. The van der Waals surface area contributed by atoms with E-state index in [0.29, 0.717) is 4.73 Å². The molecule has 0 saturated heterocycles. The van der Waals surface area contributed by atoms with Crippen molar-refractivity contribution >= 4 is 5.97 Å². The molecule has 1 rings (SSSR count). The molecule has 0 aromatic carbocycles.